The predicted octanol–water partition coefficient (Wildman–Crippen LogP) is 5.70. The van der Waals surface area contributed by atoms with Crippen LogP contribution in [0.25, 0.3) is 0 Å². The summed E-state index contributed by atoms with van der Waals surface area (Å²) in [6.45, 7) is 11.4. The molecule has 2 atom stereocenters. The first-order chi connectivity index (χ1) is 13.6. The molecule has 1 fully saturated rings. The lowest BCUT2D eigenvalue weighted by molar-refractivity contribution is -0.116. The lowest BCUT2D eigenvalue weighted by Crippen LogP contribution is -2.43. The highest BCUT2D eigenvalue weighted by Crippen LogP contribution is 2.30. The second-order valence-electron chi connectivity index (χ2n) is 8.22. The molecule has 1 aromatic rings. The van der Waals surface area contributed by atoms with Gasteiger partial charge >= 0.3 is 6.09 Å². The molecule has 0 radical (unpaired) electrons. The molecule has 0 aromatic heterocycles. The van der Waals surface area contributed by atoms with Crippen molar-refractivity contribution in [2.75, 3.05) is 11.4 Å². The molecule has 1 aliphatic rings. The minimum Gasteiger partial charge on any atom is -0.444 e. The van der Waals surface area contributed by atoms with Gasteiger partial charge in [0.2, 0.25) is 5.91 Å². The second-order valence-corrected chi connectivity index (χ2v) is 9.07. The molecule has 1 aromatic carbocycles. The summed E-state index contributed by atoms with van der Waals surface area (Å²) in [6.07, 6.45) is 8.02. The number of benzene rings is 1. The van der Waals surface area contributed by atoms with E-state index >= 15 is 0 Å². The largest absolute Gasteiger partial charge is 0.444 e. The predicted molar refractivity (Wildman–Crippen MR) is 121 cm³/mol. The fraction of sp³-hybridized carbons (Fsp3) is 0.478. The highest BCUT2D eigenvalue weighted by atomic mass is 79.9. The van der Waals surface area contributed by atoms with E-state index in [-0.39, 0.29) is 24.1 Å². The average Bonchev–Trinajstić information content (AvgIpc) is 3.01. The van der Waals surface area contributed by atoms with Crippen LogP contribution in [0, 0.1) is 0 Å². The highest BCUT2D eigenvalue weighted by molar-refractivity contribution is 9.10. The lowest BCUT2D eigenvalue weighted by Gasteiger charge is -2.31. The molecule has 0 aliphatic carbocycles. The number of hydrogen-bond donors (Lipinski definition) is 0. The normalized spacial score (nSPS) is 19.4. The number of halogens is 1. The molecule has 29 heavy (non-hydrogen) atoms. The van der Waals surface area contributed by atoms with Gasteiger partial charge in [-0.2, -0.15) is 0 Å². The molecule has 0 N–H and O–H groups in total. The molecule has 6 heteroatoms. The van der Waals surface area contributed by atoms with Gasteiger partial charge in [0.25, 0.3) is 0 Å². The highest BCUT2D eigenvalue weighted by Gasteiger charge is 2.37. The quantitative estimate of drug-likeness (QED) is 0.509. The minimum absolute atomic E-state index is 0.0403. The minimum atomic E-state index is -0.544. The molecule has 2 rings (SSSR count). The Morgan fingerprint density at radius 3 is 2.59 bits per heavy atom. The first-order valence-electron chi connectivity index (χ1n) is 9.95. The van der Waals surface area contributed by atoms with Gasteiger partial charge in [-0.15, -0.1) is 6.58 Å². The summed E-state index contributed by atoms with van der Waals surface area (Å²) in [5, 5.41) is 0. The van der Waals surface area contributed by atoms with E-state index in [1.54, 1.807) is 11.8 Å². The first kappa shape index (κ1) is 23.2. The topological polar surface area (TPSA) is 49.9 Å². The van der Waals surface area contributed by atoms with Gasteiger partial charge in [-0.05, 0) is 68.1 Å². The molecular weight excluding hydrogens is 432 g/mol. The van der Waals surface area contributed by atoms with Crippen molar-refractivity contribution in [3.8, 4) is 0 Å². The van der Waals surface area contributed by atoms with Crippen LogP contribution in [-0.2, 0) is 9.53 Å². The number of ether oxygens (including phenoxy) is 1. The Morgan fingerprint density at radius 2 is 2.00 bits per heavy atom. The smallest absolute Gasteiger partial charge is 0.411 e. The number of likely N-dealkylation sites (tertiary alicyclic amines) is 1. The fourth-order valence-corrected chi connectivity index (χ4v) is 4.01. The van der Waals surface area contributed by atoms with Crippen LogP contribution in [0.2, 0.25) is 0 Å². The van der Waals surface area contributed by atoms with E-state index in [4.69, 9.17) is 4.74 Å². The summed E-state index contributed by atoms with van der Waals surface area (Å²) in [6, 6.07) is 7.67. The summed E-state index contributed by atoms with van der Waals surface area (Å²) >= 11 is 3.51. The summed E-state index contributed by atoms with van der Waals surface area (Å²) in [7, 11) is 0. The Hall–Kier alpha value is -2.08. The summed E-state index contributed by atoms with van der Waals surface area (Å²) < 4.78 is 6.49. The van der Waals surface area contributed by atoms with Crippen LogP contribution >= 0.6 is 15.9 Å². The first-order valence-corrected chi connectivity index (χ1v) is 10.7. The SMILES string of the molecule is C=CC[C@H]1CC[C@@H](C=CCN(C(C)=O)c2ccccc2Br)N1C(=O)OC(C)(C)C. The van der Waals surface area contributed by atoms with Crippen LogP contribution in [0.4, 0.5) is 10.5 Å². The molecule has 5 nitrogen and oxygen atoms in total. The standard InChI is InChI=1S/C23H31BrN2O3/c1-6-10-18-14-15-19(26(18)22(28)29-23(3,4)5)11-9-16-25(17(2)27)21-13-8-7-12-20(21)24/h6-9,11-13,18-19H,1,10,14-16H2,2-5H3/t18-,19+/m0/s1. The molecule has 158 valence electrons. The van der Waals surface area contributed by atoms with Crippen molar-refractivity contribution >= 4 is 33.6 Å². The molecule has 1 saturated heterocycles. The number of hydrogen-bond acceptors (Lipinski definition) is 3. The number of carbonyl (C=O) groups excluding carboxylic acids is 2. The van der Waals surface area contributed by atoms with E-state index in [9.17, 15) is 9.59 Å². The third-order valence-electron chi connectivity index (χ3n) is 4.76. The Bertz CT molecular complexity index is 770. The zero-order valence-electron chi connectivity index (χ0n) is 17.7. The Labute approximate surface area is 182 Å². The Morgan fingerprint density at radius 1 is 1.31 bits per heavy atom. The fourth-order valence-electron chi connectivity index (χ4n) is 3.51. The van der Waals surface area contributed by atoms with E-state index in [0.29, 0.717) is 6.54 Å². The third-order valence-corrected chi connectivity index (χ3v) is 5.43. The van der Waals surface area contributed by atoms with Gasteiger partial charge in [-0.3, -0.25) is 9.69 Å². The average molecular weight is 463 g/mol. The lowest BCUT2D eigenvalue weighted by atomic mass is 10.1. The number of carbonyl (C=O) groups is 2. The number of anilines is 1. The van der Waals surface area contributed by atoms with Crippen LogP contribution in [0.15, 0.2) is 53.5 Å². The Kier molecular flexibility index (Phi) is 8.08. The van der Waals surface area contributed by atoms with Crippen molar-refractivity contribution in [1.29, 1.82) is 0 Å². The molecule has 0 unspecified atom stereocenters. The molecule has 0 spiro atoms. The van der Waals surface area contributed by atoms with Crippen molar-refractivity contribution in [2.45, 2.75) is 64.6 Å². The van der Waals surface area contributed by atoms with Crippen LogP contribution < -0.4 is 4.90 Å². The van der Waals surface area contributed by atoms with Crippen LogP contribution in [0.5, 0.6) is 0 Å². The van der Waals surface area contributed by atoms with E-state index in [0.717, 1.165) is 29.4 Å². The zero-order chi connectivity index (χ0) is 21.6. The molecule has 1 aliphatic heterocycles. The van der Waals surface area contributed by atoms with Crippen molar-refractivity contribution < 1.29 is 14.3 Å². The summed E-state index contributed by atoms with van der Waals surface area (Å²) in [4.78, 5) is 28.5. The summed E-state index contributed by atoms with van der Waals surface area (Å²) in [5.41, 5.74) is 0.280. The maximum atomic E-state index is 12.8. The maximum Gasteiger partial charge on any atom is 0.411 e. The number of nitrogens with zero attached hydrogens (tertiary/aromatic N) is 2. The van der Waals surface area contributed by atoms with Gasteiger partial charge in [0.15, 0.2) is 0 Å². The van der Waals surface area contributed by atoms with E-state index < -0.39 is 5.60 Å². The van der Waals surface area contributed by atoms with Gasteiger partial charge in [-0.25, -0.2) is 4.79 Å². The second kappa shape index (κ2) is 10.1. The third kappa shape index (κ3) is 6.46. The van der Waals surface area contributed by atoms with Gasteiger partial charge in [0.1, 0.15) is 5.60 Å². The Balaban J connectivity index is 2.15. The van der Waals surface area contributed by atoms with Crippen LogP contribution in [0.3, 0.4) is 0 Å². The molecule has 0 bridgehead atoms. The molecular formula is C23H31BrN2O3. The summed E-state index contributed by atoms with van der Waals surface area (Å²) in [5.74, 6) is -0.0403. The van der Waals surface area contributed by atoms with Crippen LogP contribution in [-0.4, -0.2) is 41.1 Å². The number of para-hydroxylation sites is 1. The number of amides is 2. The van der Waals surface area contributed by atoms with Gasteiger partial charge in [0, 0.05) is 24.0 Å². The molecule has 2 amide bonds. The van der Waals surface area contributed by atoms with Gasteiger partial charge < -0.3 is 9.64 Å². The number of rotatable bonds is 6. The van der Waals surface area contributed by atoms with Crippen molar-refractivity contribution in [3.63, 3.8) is 0 Å². The van der Waals surface area contributed by atoms with Gasteiger partial charge in [0.05, 0.1) is 11.7 Å². The van der Waals surface area contributed by atoms with Crippen LogP contribution in [0.1, 0.15) is 47.0 Å². The van der Waals surface area contributed by atoms with Gasteiger partial charge in [-0.1, -0.05) is 30.4 Å². The van der Waals surface area contributed by atoms with Crippen molar-refractivity contribution in [1.82, 2.24) is 4.90 Å². The zero-order valence-corrected chi connectivity index (χ0v) is 19.3. The monoisotopic (exact) mass is 462 g/mol. The molecule has 1 heterocycles. The van der Waals surface area contributed by atoms with Crippen molar-refractivity contribution in [3.05, 3.63) is 53.5 Å². The molecule has 0 saturated carbocycles. The van der Waals surface area contributed by atoms with E-state index in [2.05, 4.69) is 22.5 Å². The van der Waals surface area contributed by atoms with Crippen molar-refractivity contribution in [2.24, 2.45) is 0 Å². The van der Waals surface area contributed by atoms with E-state index in [1.165, 1.54) is 0 Å². The maximum absolute atomic E-state index is 12.8. The van der Waals surface area contributed by atoms with E-state index in [1.807, 2.05) is 68.2 Å².